The van der Waals surface area contributed by atoms with Gasteiger partial charge >= 0.3 is 5.97 Å². The van der Waals surface area contributed by atoms with Crippen LogP contribution >= 0.6 is 0 Å². The molecule has 0 fully saturated rings. The lowest BCUT2D eigenvalue weighted by Crippen LogP contribution is -2.38. The second kappa shape index (κ2) is 6.66. The predicted octanol–water partition coefficient (Wildman–Crippen LogP) is 0.0319. The van der Waals surface area contributed by atoms with Crippen molar-refractivity contribution >= 4 is 17.0 Å². The zero-order chi connectivity index (χ0) is 15.4. The average Bonchev–Trinajstić information content (AvgIpc) is 2.83. The number of aryl methyl sites for hydroxylation is 1. The van der Waals surface area contributed by atoms with Crippen LogP contribution < -0.4 is 5.32 Å². The van der Waals surface area contributed by atoms with Crippen molar-refractivity contribution in [1.29, 1.82) is 0 Å². The van der Waals surface area contributed by atoms with Crippen molar-refractivity contribution in [3.8, 4) is 0 Å². The highest BCUT2D eigenvalue weighted by Crippen LogP contribution is 2.23. The summed E-state index contributed by atoms with van der Waals surface area (Å²) in [7, 11) is 1.88. The van der Waals surface area contributed by atoms with Crippen LogP contribution in [0, 0.1) is 0 Å². The van der Waals surface area contributed by atoms with Crippen molar-refractivity contribution in [2.75, 3.05) is 13.2 Å². The monoisotopic (exact) mass is 293 g/mol. The molecular weight excluding hydrogens is 274 g/mol. The zero-order valence-corrected chi connectivity index (χ0v) is 11.7. The number of fused-ring (bicyclic) bond motifs is 1. The molecule has 0 aliphatic heterocycles. The summed E-state index contributed by atoms with van der Waals surface area (Å²) in [5.74, 6) is -1.01. The van der Waals surface area contributed by atoms with Crippen LogP contribution in [-0.4, -0.2) is 50.0 Å². The Balaban J connectivity index is 2.23. The van der Waals surface area contributed by atoms with E-state index in [-0.39, 0.29) is 19.6 Å². The fourth-order valence-electron chi connectivity index (χ4n) is 2.30. The molecule has 0 aliphatic rings. The van der Waals surface area contributed by atoms with E-state index in [2.05, 4.69) is 10.3 Å². The molecule has 4 N–H and O–H groups in total. The molecule has 0 bridgehead atoms. The summed E-state index contributed by atoms with van der Waals surface area (Å²) in [6, 6.07) is 4.67. The molecule has 2 rings (SSSR count). The summed E-state index contributed by atoms with van der Waals surface area (Å²) >= 11 is 0. The van der Waals surface area contributed by atoms with E-state index in [0.29, 0.717) is 5.56 Å². The van der Waals surface area contributed by atoms with Crippen LogP contribution in [0.5, 0.6) is 0 Å². The Morgan fingerprint density at radius 3 is 2.90 bits per heavy atom. The lowest BCUT2D eigenvalue weighted by atomic mass is 9.99. The average molecular weight is 293 g/mol. The minimum atomic E-state index is -1.01. The van der Waals surface area contributed by atoms with Gasteiger partial charge in [-0.3, -0.25) is 4.79 Å². The van der Waals surface area contributed by atoms with Gasteiger partial charge in [0.1, 0.15) is 0 Å². The molecule has 0 saturated carbocycles. The Bertz CT molecular complexity index is 626. The summed E-state index contributed by atoms with van der Waals surface area (Å²) in [6.45, 7) is 0.100. The molecule has 0 spiro atoms. The molecule has 7 nitrogen and oxygen atoms in total. The van der Waals surface area contributed by atoms with Gasteiger partial charge in [-0.05, 0) is 17.7 Å². The first kappa shape index (κ1) is 15.4. The highest BCUT2D eigenvalue weighted by atomic mass is 16.4. The normalized spacial score (nSPS) is 14.2. The highest BCUT2D eigenvalue weighted by molar-refractivity contribution is 5.76. The number of carboxylic acid groups (broad SMARTS) is 1. The number of rotatable bonds is 7. The van der Waals surface area contributed by atoms with E-state index in [4.69, 9.17) is 10.2 Å². The standard InChI is InChI=1S/C14H19N3O4/c1-17-8-16-10-6-9(2-3-12(10)17)14(21)11(7-13(19)20)15-4-5-18/h2-3,6,8,11,14-15,18,21H,4-5,7H2,1H3,(H,19,20). The number of imidazole rings is 1. The molecule has 0 radical (unpaired) electrons. The van der Waals surface area contributed by atoms with Crippen LogP contribution in [0.3, 0.4) is 0 Å². The van der Waals surface area contributed by atoms with Gasteiger partial charge in [0.2, 0.25) is 0 Å². The molecule has 7 heteroatoms. The van der Waals surface area contributed by atoms with Gasteiger partial charge in [-0.25, -0.2) is 4.98 Å². The second-order valence-corrected chi connectivity index (χ2v) is 4.93. The van der Waals surface area contributed by atoms with E-state index < -0.39 is 18.1 Å². The molecule has 21 heavy (non-hydrogen) atoms. The third-order valence-corrected chi connectivity index (χ3v) is 3.38. The SMILES string of the molecule is Cn1cnc2cc(C(O)C(CC(=O)O)NCCO)ccc21. The number of aliphatic hydroxyl groups is 2. The number of hydrogen-bond donors (Lipinski definition) is 4. The van der Waals surface area contributed by atoms with Crippen molar-refractivity contribution in [3.05, 3.63) is 30.1 Å². The molecule has 2 aromatic rings. The quantitative estimate of drug-likeness (QED) is 0.574. The number of nitrogens with one attached hydrogen (secondary N) is 1. The van der Waals surface area contributed by atoms with Crippen molar-refractivity contribution in [2.45, 2.75) is 18.6 Å². The van der Waals surface area contributed by atoms with Gasteiger partial charge in [0.05, 0.1) is 36.5 Å². The van der Waals surface area contributed by atoms with Gasteiger partial charge in [-0.2, -0.15) is 0 Å². The third-order valence-electron chi connectivity index (χ3n) is 3.38. The van der Waals surface area contributed by atoms with E-state index in [9.17, 15) is 9.90 Å². The molecule has 0 saturated heterocycles. The number of aliphatic hydroxyl groups excluding tert-OH is 2. The first-order chi connectivity index (χ1) is 10.0. The first-order valence-corrected chi connectivity index (χ1v) is 6.68. The van der Waals surface area contributed by atoms with Crippen LogP contribution in [0.1, 0.15) is 18.1 Å². The first-order valence-electron chi connectivity index (χ1n) is 6.68. The van der Waals surface area contributed by atoms with E-state index >= 15 is 0 Å². The predicted molar refractivity (Wildman–Crippen MR) is 76.8 cm³/mol. The number of aromatic nitrogens is 2. The maximum Gasteiger partial charge on any atom is 0.305 e. The summed E-state index contributed by atoms with van der Waals surface area (Å²) in [5.41, 5.74) is 2.27. The minimum Gasteiger partial charge on any atom is -0.481 e. The maximum absolute atomic E-state index is 10.9. The smallest absolute Gasteiger partial charge is 0.305 e. The molecule has 1 aromatic carbocycles. The van der Waals surface area contributed by atoms with Crippen molar-refractivity contribution in [1.82, 2.24) is 14.9 Å². The summed E-state index contributed by atoms with van der Waals surface area (Å²) in [4.78, 5) is 15.1. The number of aliphatic carboxylic acids is 1. The molecule has 0 aliphatic carbocycles. The minimum absolute atomic E-state index is 0.123. The number of hydrogen-bond acceptors (Lipinski definition) is 5. The van der Waals surface area contributed by atoms with E-state index in [0.717, 1.165) is 11.0 Å². The molecule has 1 aromatic heterocycles. The van der Waals surface area contributed by atoms with Gasteiger partial charge in [0.25, 0.3) is 0 Å². The zero-order valence-electron chi connectivity index (χ0n) is 11.7. The number of carbonyl (C=O) groups is 1. The summed E-state index contributed by atoms with van der Waals surface area (Å²) in [6.07, 6.45) is 0.458. The highest BCUT2D eigenvalue weighted by Gasteiger charge is 2.23. The van der Waals surface area contributed by atoms with E-state index in [1.54, 1.807) is 18.5 Å². The molecule has 2 atom stereocenters. The largest absolute Gasteiger partial charge is 0.481 e. The van der Waals surface area contributed by atoms with Crippen molar-refractivity contribution in [3.63, 3.8) is 0 Å². The lowest BCUT2D eigenvalue weighted by molar-refractivity contribution is -0.138. The fraction of sp³-hybridized carbons (Fsp3) is 0.429. The summed E-state index contributed by atoms with van der Waals surface area (Å²) in [5, 5.41) is 31.0. The van der Waals surface area contributed by atoms with Gasteiger partial charge in [-0.1, -0.05) is 6.07 Å². The van der Waals surface area contributed by atoms with Crippen molar-refractivity contribution < 1.29 is 20.1 Å². The lowest BCUT2D eigenvalue weighted by Gasteiger charge is -2.23. The number of benzene rings is 1. The molecule has 0 amide bonds. The molecule has 2 unspecified atom stereocenters. The summed E-state index contributed by atoms with van der Waals surface area (Å²) < 4.78 is 1.87. The maximum atomic E-state index is 10.9. The van der Waals surface area contributed by atoms with Gasteiger partial charge < -0.3 is 25.2 Å². The van der Waals surface area contributed by atoms with E-state index in [1.807, 2.05) is 17.7 Å². The molecular formula is C14H19N3O4. The van der Waals surface area contributed by atoms with Gasteiger partial charge in [0, 0.05) is 19.6 Å². The van der Waals surface area contributed by atoms with Gasteiger partial charge in [-0.15, -0.1) is 0 Å². The topological polar surface area (TPSA) is 108 Å². The Hall–Kier alpha value is -1.96. The number of nitrogens with zero attached hydrogens (tertiary/aromatic N) is 2. The fourth-order valence-corrected chi connectivity index (χ4v) is 2.30. The Labute approximate surface area is 121 Å². The molecule has 1 heterocycles. The Morgan fingerprint density at radius 1 is 1.48 bits per heavy atom. The third kappa shape index (κ3) is 3.57. The van der Waals surface area contributed by atoms with Crippen LogP contribution in [0.2, 0.25) is 0 Å². The van der Waals surface area contributed by atoms with Crippen LogP contribution in [-0.2, 0) is 11.8 Å². The van der Waals surface area contributed by atoms with Crippen LogP contribution in [0.25, 0.3) is 11.0 Å². The molecule has 114 valence electrons. The number of carboxylic acids is 1. The Morgan fingerprint density at radius 2 is 2.24 bits per heavy atom. The van der Waals surface area contributed by atoms with Gasteiger partial charge in [0.15, 0.2) is 0 Å². The van der Waals surface area contributed by atoms with E-state index in [1.165, 1.54) is 0 Å². The Kier molecular flexibility index (Phi) is 4.89. The van der Waals surface area contributed by atoms with Crippen LogP contribution in [0.4, 0.5) is 0 Å². The van der Waals surface area contributed by atoms with Crippen LogP contribution in [0.15, 0.2) is 24.5 Å². The second-order valence-electron chi connectivity index (χ2n) is 4.93. The van der Waals surface area contributed by atoms with Crippen molar-refractivity contribution in [2.24, 2.45) is 7.05 Å².